The number of aromatic nitrogens is 1. The summed E-state index contributed by atoms with van der Waals surface area (Å²) in [6.45, 7) is 5.23. The van der Waals surface area contributed by atoms with E-state index in [0.717, 1.165) is 38.3 Å². The first kappa shape index (κ1) is 11.6. The average Bonchev–Trinajstić information content (AvgIpc) is 3.01. The lowest BCUT2D eigenvalue weighted by Crippen LogP contribution is -2.20. The van der Waals surface area contributed by atoms with E-state index in [1.54, 1.807) is 0 Å². The van der Waals surface area contributed by atoms with E-state index in [9.17, 15) is 0 Å². The maximum absolute atomic E-state index is 5.65. The maximum atomic E-state index is 5.65. The number of H-pyrrole nitrogens is 1. The van der Waals surface area contributed by atoms with Gasteiger partial charge in [0.05, 0.1) is 6.61 Å². The van der Waals surface area contributed by atoms with E-state index >= 15 is 0 Å². The Labute approximate surface area is 108 Å². The topological polar surface area (TPSA) is 28.3 Å². The number of nitrogens with zero attached hydrogens (tertiary/aromatic N) is 1. The van der Waals surface area contributed by atoms with Crippen LogP contribution in [0.5, 0.6) is 5.75 Å². The molecule has 1 aliphatic rings. The molecule has 2 aromatic rings. The molecule has 1 aliphatic heterocycles. The minimum atomic E-state index is 0.827. The Bertz CT molecular complexity index is 559. The predicted octanol–water partition coefficient (Wildman–Crippen LogP) is 2.60. The molecule has 1 aromatic carbocycles. The van der Waals surface area contributed by atoms with E-state index in [1.165, 1.54) is 22.0 Å². The van der Waals surface area contributed by atoms with Gasteiger partial charge in [0.25, 0.3) is 0 Å². The highest BCUT2D eigenvalue weighted by molar-refractivity contribution is 5.89. The maximum Gasteiger partial charge on any atom is 0.123 e. The molecular weight excluding hydrogens is 224 g/mol. The van der Waals surface area contributed by atoms with E-state index in [0.29, 0.717) is 0 Å². The van der Waals surface area contributed by atoms with Gasteiger partial charge in [-0.3, -0.25) is 0 Å². The zero-order chi connectivity index (χ0) is 12.5. The molecule has 3 nitrogen and oxygen atoms in total. The molecule has 0 saturated heterocycles. The number of fused-ring (bicyclic) bond motifs is 3. The first-order valence-corrected chi connectivity index (χ1v) is 6.72. The monoisotopic (exact) mass is 244 g/mol. The van der Waals surface area contributed by atoms with Gasteiger partial charge in [0, 0.05) is 35.6 Å². The van der Waals surface area contributed by atoms with Crippen LogP contribution >= 0.6 is 0 Å². The first-order valence-electron chi connectivity index (χ1n) is 6.72. The molecule has 0 radical (unpaired) electrons. The van der Waals surface area contributed by atoms with Crippen molar-refractivity contribution in [2.75, 3.05) is 26.7 Å². The fraction of sp³-hybridized carbons (Fsp3) is 0.467. The van der Waals surface area contributed by atoms with Crippen molar-refractivity contribution in [1.82, 2.24) is 9.88 Å². The Morgan fingerprint density at radius 1 is 1.39 bits per heavy atom. The number of rotatable bonds is 4. The van der Waals surface area contributed by atoms with E-state index in [1.807, 2.05) is 0 Å². The van der Waals surface area contributed by atoms with Crippen molar-refractivity contribution < 1.29 is 4.74 Å². The highest BCUT2D eigenvalue weighted by Crippen LogP contribution is 2.34. The second kappa shape index (κ2) is 4.65. The fourth-order valence-electron chi connectivity index (χ4n) is 2.67. The van der Waals surface area contributed by atoms with Gasteiger partial charge in [-0.2, -0.15) is 0 Å². The number of benzene rings is 1. The lowest BCUT2D eigenvalue weighted by atomic mass is 10.0. The molecule has 0 atom stereocenters. The summed E-state index contributed by atoms with van der Waals surface area (Å²) in [5.41, 5.74) is 4.06. The molecule has 1 N–H and O–H groups in total. The standard InChI is InChI=1S/C15H20N2O/c1-3-17(2)8-6-11-10-16-13-4-5-14-12(15(11)13)7-9-18-14/h4-5,10,16H,3,6-9H2,1-2H3. The van der Waals surface area contributed by atoms with Gasteiger partial charge >= 0.3 is 0 Å². The molecule has 0 unspecified atom stereocenters. The molecule has 0 amide bonds. The summed E-state index contributed by atoms with van der Waals surface area (Å²) in [5.74, 6) is 1.08. The van der Waals surface area contributed by atoms with Crippen LogP contribution in [0, 0.1) is 0 Å². The third-order valence-electron chi connectivity index (χ3n) is 3.91. The average molecular weight is 244 g/mol. The second-order valence-electron chi connectivity index (χ2n) is 5.02. The van der Waals surface area contributed by atoms with Crippen LogP contribution in [-0.2, 0) is 12.8 Å². The number of ether oxygens (including phenoxy) is 1. The van der Waals surface area contributed by atoms with Crippen molar-refractivity contribution in [3.8, 4) is 5.75 Å². The summed E-state index contributed by atoms with van der Waals surface area (Å²) < 4.78 is 5.65. The zero-order valence-electron chi connectivity index (χ0n) is 11.1. The van der Waals surface area contributed by atoms with Gasteiger partial charge in [0.2, 0.25) is 0 Å². The van der Waals surface area contributed by atoms with Gasteiger partial charge in [-0.25, -0.2) is 0 Å². The number of aromatic amines is 1. The van der Waals surface area contributed by atoms with Crippen molar-refractivity contribution in [3.63, 3.8) is 0 Å². The van der Waals surface area contributed by atoms with Crippen LogP contribution in [0.4, 0.5) is 0 Å². The van der Waals surface area contributed by atoms with Gasteiger partial charge in [0.1, 0.15) is 5.75 Å². The molecule has 3 rings (SSSR count). The summed E-state index contributed by atoms with van der Waals surface area (Å²) in [7, 11) is 2.17. The Morgan fingerprint density at radius 2 is 2.28 bits per heavy atom. The van der Waals surface area contributed by atoms with Gasteiger partial charge < -0.3 is 14.6 Å². The molecule has 1 aromatic heterocycles. The van der Waals surface area contributed by atoms with Crippen molar-refractivity contribution in [1.29, 1.82) is 0 Å². The molecule has 96 valence electrons. The number of hydrogen-bond acceptors (Lipinski definition) is 2. The highest BCUT2D eigenvalue weighted by atomic mass is 16.5. The molecular formula is C15H20N2O. The van der Waals surface area contributed by atoms with Gasteiger partial charge in [-0.05, 0) is 37.7 Å². The zero-order valence-corrected chi connectivity index (χ0v) is 11.1. The molecule has 0 aliphatic carbocycles. The van der Waals surface area contributed by atoms with Crippen LogP contribution in [0.1, 0.15) is 18.1 Å². The van der Waals surface area contributed by atoms with E-state index in [-0.39, 0.29) is 0 Å². The summed E-state index contributed by atoms with van der Waals surface area (Å²) >= 11 is 0. The fourth-order valence-corrected chi connectivity index (χ4v) is 2.67. The van der Waals surface area contributed by atoms with Crippen LogP contribution in [0.25, 0.3) is 10.9 Å². The van der Waals surface area contributed by atoms with Crippen LogP contribution in [0.2, 0.25) is 0 Å². The molecule has 0 spiro atoms. The Morgan fingerprint density at radius 3 is 3.11 bits per heavy atom. The van der Waals surface area contributed by atoms with Crippen LogP contribution < -0.4 is 4.74 Å². The molecule has 0 bridgehead atoms. The summed E-state index contributed by atoms with van der Waals surface area (Å²) in [6, 6.07) is 4.22. The van der Waals surface area contributed by atoms with E-state index in [2.05, 4.69) is 42.2 Å². The van der Waals surface area contributed by atoms with Gasteiger partial charge in [-0.1, -0.05) is 6.92 Å². The Hall–Kier alpha value is -1.48. The van der Waals surface area contributed by atoms with Gasteiger partial charge in [-0.15, -0.1) is 0 Å². The minimum Gasteiger partial charge on any atom is -0.493 e. The normalized spacial score (nSPS) is 14.2. The van der Waals surface area contributed by atoms with E-state index < -0.39 is 0 Å². The van der Waals surface area contributed by atoms with Gasteiger partial charge in [0.15, 0.2) is 0 Å². The third-order valence-corrected chi connectivity index (χ3v) is 3.91. The third kappa shape index (κ3) is 1.89. The summed E-state index contributed by atoms with van der Waals surface area (Å²) in [6.07, 6.45) is 4.30. The van der Waals surface area contributed by atoms with Crippen molar-refractivity contribution >= 4 is 10.9 Å². The highest BCUT2D eigenvalue weighted by Gasteiger charge is 2.18. The smallest absolute Gasteiger partial charge is 0.123 e. The summed E-state index contributed by atoms with van der Waals surface area (Å²) in [5, 5.41) is 1.40. The van der Waals surface area contributed by atoms with Crippen LogP contribution in [0.3, 0.4) is 0 Å². The Balaban J connectivity index is 1.95. The lowest BCUT2D eigenvalue weighted by Gasteiger charge is -2.13. The van der Waals surface area contributed by atoms with Crippen molar-refractivity contribution in [2.24, 2.45) is 0 Å². The van der Waals surface area contributed by atoms with Crippen LogP contribution in [-0.4, -0.2) is 36.6 Å². The number of hydrogen-bond donors (Lipinski definition) is 1. The van der Waals surface area contributed by atoms with E-state index in [4.69, 9.17) is 4.74 Å². The Kier molecular flexibility index (Phi) is 3.00. The largest absolute Gasteiger partial charge is 0.493 e. The predicted molar refractivity (Wildman–Crippen MR) is 74.4 cm³/mol. The SMILES string of the molecule is CCN(C)CCc1c[nH]c2ccc3c(c12)CCO3. The van der Waals surface area contributed by atoms with Crippen LogP contribution in [0.15, 0.2) is 18.3 Å². The number of nitrogens with one attached hydrogen (secondary N) is 1. The van der Waals surface area contributed by atoms with Crippen molar-refractivity contribution in [2.45, 2.75) is 19.8 Å². The minimum absolute atomic E-state index is 0.827. The molecule has 18 heavy (non-hydrogen) atoms. The van der Waals surface area contributed by atoms with Crippen molar-refractivity contribution in [3.05, 3.63) is 29.5 Å². The molecule has 0 saturated carbocycles. The lowest BCUT2D eigenvalue weighted by molar-refractivity contribution is 0.357. The molecule has 0 fully saturated rings. The quantitative estimate of drug-likeness (QED) is 0.895. The summed E-state index contributed by atoms with van der Waals surface area (Å²) in [4.78, 5) is 5.73. The molecule has 3 heteroatoms. The first-order chi connectivity index (χ1) is 8.79. The molecule has 2 heterocycles. The second-order valence-corrected chi connectivity index (χ2v) is 5.02. The number of likely N-dealkylation sites (N-methyl/N-ethyl adjacent to an activating group) is 1.